The first-order valence-electron chi connectivity index (χ1n) is 10.5. The Morgan fingerprint density at radius 3 is 2.82 bits per heavy atom. The Balaban J connectivity index is 1.30. The third-order valence-corrected chi connectivity index (χ3v) is 5.84. The number of carbonyl (C=O) groups excluding carboxylic acids is 1. The van der Waals surface area contributed by atoms with Crippen LogP contribution in [0.2, 0.25) is 0 Å². The number of aliphatic imine (C=N–C) groups is 1. The molecule has 0 spiro atoms. The summed E-state index contributed by atoms with van der Waals surface area (Å²) in [6, 6.07) is 4.08. The van der Waals surface area contributed by atoms with Gasteiger partial charge in [0.05, 0.1) is 25.5 Å². The van der Waals surface area contributed by atoms with E-state index in [0.29, 0.717) is 31.4 Å². The summed E-state index contributed by atoms with van der Waals surface area (Å²) in [5, 5.41) is 3.39. The summed E-state index contributed by atoms with van der Waals surface area (Å²) in [5.41, 5.74) is 0. The molecule has 8 nitrogen and oxygen atoms in total. The number of guanidine groups is 1. The van der Waals surface area contributed by atoms with Crippen LogP contribution in [0.3, 0.4) is 0 Å². The summed E-state index contributed by atoms with van der Waals surface area (Å²) in [6.07, 6.45) is 4.26. The van der Waals surface area contributed by atoms with Gasteiger partial charge >= 0.3 is 0 Å². The quantitative estimate of drug-likeness (QED) is 0.608. The predicted molar refractivity (Wildman–Crippen MR) is 106 cm³/mol. The molecule has 1 amide bonds. The molecule has 0 saturated carbocycles. The van der Waals surface area contributed by atoms with Gasteiger partial charge in [0, 0.05) is 45.3 Å². The monoisotopic (exact) mass is 389 g/mol. The average Bonchev–Trinajstić information content (AvgIpc) is 3.42. The summed E-state index contributed by atoms with van der Waals surface area (Å²) in [6.45, 7) is 9.46. The lowest BCUT2D eigenvalue weighted by atomic mass is 10.2. The van der Waals surface area contributed by atoms with Crippen molar-refractivity contribution in [1.29, 1.82) is 0 Å². The molecular weight excluding hydrogens is 358 g/mol. The van der Waals surface area contributed by atoms with Crippen molar-refractivity contribution >= 4 is 11.9 Å². The molecular formula is C20H31N5O3. The van der Waals surface area contributed by atoms with Crippen LogP contribution >= 0.6 is 0 Å². The molecule has 3 fully saturated rings. The van der Waals surface area contributed by atoms with Crippen molar-refractivity contribution in [3.63, 3.8) is 0 Å². The second-order valence-corrected chi connectivity index (χ2v) is 7.70. The third-order valence-electron chi connectivity index (χ3n) is 5.84. The first-order valence-corrected chi connectivity index (χ1v) is 10.5. The summed E-state index contributed by atoms with van der Waals surface area (Å²) >= 11 is 0. The molecule has 3 aliphatic heterocycles. The molecule has 3 saturated heterocycles. The first kappa shape index (κ1) is 19.3. The Hall–Kier alpha value is -2.06. The molecule has 2 atom stereocenters. The number of fused-ring (bicyclic) bond motifs is 1. The van der Waals surface area contributed by atoms with Crippen LogP contribution in [0.25, 0.3) is 0 Å². The van der Waals surface area contributed by atoms with Gasteiger partial charge in [-0.3, -0.25) is 14.7 Å². The molecule has 154 valence electrons. The highest BCUT2D eigenvalue weighted by molar-refractivity contribution is 5.91. The van der Waals surface area contributed by atoms with E-state index in [1.807, 2.05) is 4.90 Å². The summed E-state index contributed by atoms with van der Waals surface area (Å²) < 4.78 is 11.3. The van der Waals surface area contributed by atoms with Crippen molar-refractivity contribution in [2.75, 3.05) is 59.0 Å². The van der Waals surface area contributed by atoms with E-state index in [0.717, 1.165) is 38.7 Å². The zero-order valence-electron chi connectivity index (χ0n) is 16.7. The molecule has 4 heterocycles. The van der Waals surface area contributed by atoms with Crippen LogP contribution in [0, 0.1) is 0 Å². The summed E-state index contributed by atoms with van der Waals surface area (Å²) in [4.78, 5) is 23.9. The van der Waals surface area contributed by atoms with Crippen molar-refractivity contribution in [2.45, 2.75) is 31.9 Å². The Morgan fingerprint density at radius 1 is 1.25 bits per heavy atom. The van der Waals surface area contributed by atoms with E-state index in [1.165, 1.54) is 25.6 Å². The van der Waals surface area contributed by atoms with Gasteiger partial charge in [-0.1, -0.05) is 0 Å². The number of hydrogen-bond acceptors (Lipinski definition) is 5. The van der Waals surface area contributed by atoms with Crippen LogP contribution in [0.1, 0.15) is 30.3 Å². The summed E-state index contributed by atoms with van der Waals surface area (Å²) in [5.74, 6) is 1.28. The van der Waals surface area contributed by atoms with E-state index in [2.05, 4.69) is 22.0 Å². The van der Waals surface area contributed by atoms with E-state index in [1.54, 1.807) is 12.1 Å². The zero-order chi connectivity index (χ0) is 19.3. The maximum atomic E-state index is 12.4. The van der Waals surface area contributed by atoms with Crippen LogP contribution < -0.4 is 5.32 Å². The molecule has 0 aliphatic carbocycles. The molecule has 28 heavy (non-hydrogen) atoms. The van der Waals surface area contributed by atoms with Crippen LogP contribution in [0.5, 0.6) is 0 Å². The number of nitrogens with one attached hydrogen (secondary N) is 1. The average molecular weight is 390 g/mol. The maximum Gasteiger partial charge on any atom is 0.289 e. The molecule has 0 aromatic carbocycles. The predicted octanol–water partition coefficient (Wildman–Crippen LogP) is 0.866. The maximum absolute atomic E-state index is 12.4. The van der Waals surface area contributed by atoms with Crippen LogP contribution in [-0.2, 0) is 4.74 Å². The molecule has 0 bridgehead atoms. The van der Waals surface area contributed by atoms with Gasteiger partial charge in [-0.15, -0.1) is 0 Å². The highest BCUT2D eigenvalue weighted by Gasteiger charge is 2.32. The number of ether oxygens (including phenoxy) is 1. The SMILES string of the molecule is CCNC(=NCC1CN2CCCC2CO1)N1CCN(C(=O)c2ccco2)CC1. The Morgan fingerprint density at radius 2 is 2.07 bits per heavy atom. The Bertz CT molecular complexity index is 669. The van der Waals surface area contributed by atoms with Gasteiger partial charge in [0.1, 0.15) is 0 Å². The standard InChI is InChI=1S/C20H31N5O3/c1-2-21-20(22-13-17-14-25-7-3-5-16(25)15-28-17)24-10-8-23(9-11-24)19(26)18-6-4-12-27-18/h4,6,12,16-17H,2-3,5,7-11,13-15H2,1H3,(H,21,22). The van der Waals surface area contributed by atoms with Crippen molar-refractivity contribution in [1.82, 2.24) is 20.0 Å². The van der Waals surface area contributed by atoms with Crippen LogP contribution in [-0.4, -0.2) is 97.7 Å². The van der Waals surface area contributed by atoms with Crippen molar-refractivity contribution < 1.29 is 13.9 Å². The van der Waals surface area contributed by atoms with Crippen molar-refractivity contribution in [3.05, 3.63) is 24.2 Å². The number of morpholine rings is 1. The van der Waals surface area contributed by atoms with Crippen LogP contribution in [0.15, 0.2) is 27.8 Å². The van der Waals surface area contributed by atoms with E-state index >= 15 is 0 Å². The fraction of sp³-hybridized carbons (Fsp3) is 0.700. The molecule has 2 unspecified atom stereocenters. The molecule has 3 aliphatic rings. The van der Waals surface area contributed by atoms with E-state index in [9.17, 15) is 4.79 Å². The van der Waals surface area contributed by atoms with Gasteiger partial charge in [0.15, 0.2) is 11.7 Å². The lowest BCUT2D eigenvalue weighted by Crippen LogP contribution is -2.54. The van der Waals surface area contributed by atoms with Crippen molar-refractivity contribution in [3.8, 4) is 0 Å². The largest absolute Gasteiger partial charge is 0.459 e. The van der Waals surface area contributed by atoms with Crippen molar-refractivity contribution in [2.24, 2.45) is 4.99 Å². The smallest absolute Gasteiger partial charge is 0.289 e. The molecule has 1 aromatic rings. The molecule has 0 radical (unpaired) electrons. The topological polar surface area (TPSA) is 73.6 Å². The van der Waals surface area contributed by atoms with Gasteiger partial charge in [-0.25, -0.2) is 0 Å². The molecule has 4 rings (SSSR count). The number of nitrogens with zero attached hydrogens (tertiary/aromatic N) is 4. The van der Waals surface area contributed by atoms with Crippen LogP contribution in [0.4, 0.5) is 0 Å². The minimum atomic E-state index is -0.0395. The molecule has 1 N–H and O–H groups in total. The Kier molecular flexibility index (Phi) is 6.17. The molecule has 1 aromatic heterocycles. The minimum absolute atomic E-state index is 0.0395. The normalized spacial score (nSPS) is 26.4. The third kappa shape index (κ3) is 4.33. The highest BCUT2D eigenvalue weighted by Crippen LogP contribution is 2.22. The lowest BCUT2D eigenvalue weighted by molar-refractivity contribution is -0.0433. The molecule has 8 heteroatoms. The van der Waals surface area contributed by atoms with E-state index < -0.39 is 0 Å². The zero-order valence-corrected chi connectivity index (χ0v) is 16.7. The van der Waals surface area contributed by atoms with Gasteiger partial charge < -0.3 is 24.3 Å². The summed E-state index contributed by atoms with van der Waals surface area (Å²) in [7, 11) is 0. The number of rotatable bonds is 4. The number of hydrogen-bond donors (Lipinski definition) is 1. The Labute approximate surface area is 166 Å². The number of amides is 1. The highest BCUT2D eigenvalue weighted by atomic mass is 16.5. The van der Waals surface area contributed by atoms with E-state index in [4.69, 9.17) is 14.1 Å². The van der Waals surface area contributed by atoms with Gasteiger partial charge in [0.25, 0.3) is 5.91 Å². The second kappa shape index (κ2) is 8.96. The lowest BCUT2D eigenvalue weighted by Gasteiger charge is -2.37. The number of carbonyl (C=O) groups is 1. The number of furan rings is 1. The van der Waals surface area contributed by atoms with Gasteiger partial charge in [-0.2, -0.15) is 0 Å². The van der Waals surface area contributed by atoms with E-state index in [-0.39, 0.29) is 12.0 Å². The number of piperazine rings is 1. The first-order chi connectivity index (χ1) is 13.7. The van der Waals surface area contributed by atoms with Gasteiger partial charge in [-0.05, 0) is 38.4 Å². The minimum Gasteiger partial charge on any atom is -0.459 e. The fourth-order valence-corrected chi connectivity index (χ4v) is 4.29. The van der Waals surface area contributed by atoms with Gasteiger partial charge in [0.2, 0.25) is 0 Å². The fourth-order valence-electron chi connectivity index (χ4n) is 4.29. The second-order valence-electron chi connectivity index (χ2n) is 7.70.